The molecule has 0 atom stereocenters. The molecule has 0 aliphatic carbocycles. The third-order valence-corrected chi connectivity index (χ3v) is 3.86. The maximum Gasteiger partial charge on any atom is 0.221 e. The van der Waals surface area contributed by atoms with Gasteiger partial charge in [0, 0.05) is 33.6 Å². The third-order valence-electron chi connectivity index (χ3n) is 2.02. The van der Waals surface area contributed by atoms with Crippen molar-refractivity contribution in [3.8, 4) is 0 Å². The van der Waals surface area contributed by atoms with Gasteiger partial charge in [-0.2, -0.15) is 0 Å². The summed E-state index contributed by atoms with van der Waals surface area (Å²) in [5.74, 6) is -0.374. The van der Waals surface area contributed by atoms with Gasteiger partial charge in [0.2, 0.25) is 15.9 Å². The van der Waals surface area contributed by atoms with Crippen molar-refractivity contribution in [2.24, 2.45) is 0 Å². The highest BCUT2D eigenvalue weighted by Gasteiger charge is 2.15. The van der Waals surface area contributed by atoms with Gasteiger partial charge in [0.25, 0.3) is 0 Å². The topological polar surface area (TPSA) is 69.7 Å². The number of nitrogens with one attached hydrogen (secondary N) is 1. The number of nitrogens with zero attached hydrogens (tertiary/aromatic N) is 2. The van der Waals surface area contributed by atoms with Crippen LogP contribution < -0.4 is 5.32 Å². The van der Waals surface area contributed by atoms with Crippen molar-refractivity contribution in [3.05, 3.63) is 0 Å². The lowest BCUT2D eigenvalue weighted by Gasteiger charge is -2.12. The number of hydrogen-bond acceptors (Lipinski definition) is 4. The van der Waals surface area contributed by atoms with E-state index in [1.54, 1.807) is 0 Å². The average Bonchev–Trinajstić information content (AvgIpc) is 2.14. The SMILES string of the molecule is CN(C)CCNC(=O)CCS(=O)(=O)N(C)C. The molecule has 0 aromatic rings. The lowest BCUT2D eigenvalue weighted by atomic mass is 10.4. The average molecular weight is 251 g/mol. The molecule has 96 valence electrons. The fourth-order valence-corrected chi connectivity index (χ4v) is 1.72. The fourth-order valence-electron chi connectivity index (χ4n) is 0.912. The molecular weight excluding hydrogens is 230 g/mol. The van der Waals surface area contributed by atoms with E-state index in [9.17, 15) is 13.2 Å². The van der Waals surface area contributed by atoms with Gasteiger partial charge in [-0.25, -0.2) is 12.7 Å². The van der Waals surface area contributed by atoms with Gasteiger partial charge in [0.15, 0.2) is 0 Å². The molecule has 1 N–H and O–H groups in total. The molecule has 0 bridgehead atoms. The minimum Gasteiger partial charge on any atom is -0.355 e. The largest absolute Gasteiger partial charge is 0.355 e. The summed E-state index contributed by atoms with van der Waals surface area (Å²) in [4.78, 5) is 13.2. The molecule has 0 rings (SSSR count). The first-order chi connectivity index (χ1) is 7.25. The van der Waals surface area contributed by atoms with Crippen LogP contribution in [0.3, 0.4) is 0 Å². The zero-order valence-corrected chi connectivity index (χ0v) is 11.2. The third kappa shape index (κ3) is 6.76. The van der Waals surface area contributed by atoms with Crippen LogP contribution in [0, 0.1) is 0 Å². The molecular formula is C9H21N3O3S. The quantitative estimate of drug-likeness (QED) is 0.626. The summed E-state index contributed by atoms with van der Waals surface area (Å²) in [6.45, 7) is 1.28. The van der Waals surface area contributed by atoms with Gasteiger partial charge < -0.3 is 10.2 Å². The van der Waals surface area contributed by atoms with E-state index in [0.717, 1.165) is 10.8 Å². The fraction of sp³-hybridized carbons (Fsp3) is 0.889. The molecule has 0 spiro atoms. The Bertz CT molecular complexity index is 312. The molecule has 0 fully saturated rings. The van der Waals surface area contributed by atoms with E-state index >= 15 is 0 Å². The van der Waals surface area contributed by atoms with Crippen molar-refractivity contribution < 1.29 is 13.2 Å². The first kappa shape index (κ1) is 15.3. The summed E-state index contributed by atoms with van der Waals surface area (Å²) < 4.78 is 23.8. The number of hydrogen-bond donors (Lipinski definition) is 1. The minimum absolute atomic E-state index is 0.00788. The second-order valence-corrected chi connectivity index (χ2v) is 6.30. The van der Waals surface area contributed by atoms with Crippen LogP contribution in [0.5, 0.6) is 0 Å². The summed E-state index contributed by atoms with van der Waals surface area (Å²) >= 11 is 0. The van der Waals surface area contributed by atoms with E-state index in [1.165, 1.54) is 14.1 Å². The summed E-state index contributed by atoms with van der Waals surface area (Å²) in [5, 5.41) is 2.66. The summed E-state index contributed by atoms with van der Waals surface area (Å²) in [5.41, 5.74) is 0. The molecule has 1 amide bonds. The molecule has 0 aliphatic rings. The van der Waals surface area contributed by atoms with E-state index in [4.69, 9.17) is 0 Å². The van der Waals surface area contributed by atoms with Crippen molar-refractivity contribution in [1.82, 2.24) is 14.5 Å². The predicted octanol–water partition coefficient (Wildman–Crippen LogP) is -1.05. The Labute approximate surface area is 97.7 Å². The lowest BCUT2D eigenvalue weighted by Crippen LogP contribution is -2.33. The normalized spacial score (nSPS) is 12.1. The van der Waals surface area contributed by atoms with Gasteiger partial charge in [0.1, 0.15) is 0 Å². The van der Waals surface area contributed by atoms with Gasteiger partial charge >= 0.3 is 0 Å². The Hall–Kier alpha value is -0.660. The first-order valence-corrected chi connectivity index (χ1v) is 6.68. The standard InChI is InChI=1S/C9H21N3O3S/c1-11(2)7-6-10-9(13)5-8-16(14,15)12(3)4/h5-8H2,1-4H3,(H,10,13). The number of carbonyl (C=O) groups excluding carboxylic acids is 1. The highest BCUT2D eigenvalue weighted by Crippen LogP contribution is 1.96. The van der Waals surface area contributed by atoms with Crippen LogP contribution in [0.2, 0.25) is 0 Å². The molecule has 0 aromatic carbocycles. The van der Waals surface area contributed by atoms with E-state index in [0.29, 0.717) is 6.54 Å². The van der Waals surface area contributed by atoms with E-state index in [1.807, 2.05) is 19.0 Å². The number of rotatable bonds is 7. The smallest absolute Gasteiger partial charge is 0.221 e. The van der Waals surface area contributed by atoms with Gasteiger partial charge in [-0.1, -0.05) is 0 Å². The number of sulfonamides is 1. The maximum atomic E-state index is 11.4. The second-order valence-electron chi connectivity index (χ2n) is 4.00. The molecule has 0 saturated carbocycles. The summed E-state index contributed by atoms with van der Waals surface area (Å²) in [6.07, 6.45) is 0.00788. The van der Waals surface area contributed by atoms with Crippen molar-refractivity contribution in [1.29, 1.82) is 0 Å². The van der Waals surface area contributed by atoms with Crippen molar-refractivity contribution in [3.63, 3.8) is 0 Å². The molecule has 0 aliphatic heterocycles. The van der Waals surface area contributed by atoms with Crippen LogP contribution in [0.4, 0.5) is 0 Å². The highest BCUT2D eigenvalue weighted by atomic mass is 32.2. The molecule has 16 heavy (non-hydrogen) atoms. The van der Waals surface area contributed by atoms with Crippen molar-refractivity contribution >= 4 is 15.9 Å². The Kier molecular flexibility index (Phi) is 6.54. The molecule has 6 nitrogen and oxygen atoms in total. The van der Waals surface area contributed by atoms with E-state index in [2.05, 4.69) is 5.32 Å². The van der Waals surface area contributed by atoms with Crippen LogP contribution in [0.15, 0.2) is 0 Å². The second kappa shape index (κ2) is 6.82. The minimum atomic E-state index is -3.27. The molecule has 0 unspecified atom stereocenters. The Morgan fingerprint density at radius 1 is 1.19 bits per heavy atom. The molecule has 0 aromatic heterocycles. The molecule has 0 heterocycles. The number of carbonyl (C=O) groups is 1. The zero-order chi connectivity index (χ0) is 12.8. The molecule has 7 heteroatoms. The van der Waals surface area contributed by atoms with Crippen LogP contribution in [-0.2, 0) is 14.8 Å². The summed E-state index contributed by atoms with van der Waals surface area (Å²) in [6, 6.07) is 0. The Morgan fingerprint density at radius 3 is 2.19 bits per heavy atom. The summed E-state index contributed by atoms with van der Waals surface area (Å²) in [7, 11) is 3.45. The van der Waals surface area contributed by atoms with Crippen LogP contribution in [0.1, 0.15) is 6.42 Å². The van der Waals surface area contributed by atoms with Gasteiger partial charge in [-0.3, -0.25) is 4.79 Å². The van der Waals surface area contributed by atoms with Gasteiger partial charge in [0.05, 0.1) is 5.75 Å². The van der Waals surface area contributed by atoms with E-state index in [-0.39, 0.29) is 18.1 Å². The van der Waals surface area contributed by atoms with E-state index < -0.39 is 10.0 Å². The number of amides is 1. The van der Waals surface area contributed by atoms with Crippen molar-refractivity contribution in [2.75, 3.05) is 47.0 Å². The van der Waals surface area contributed by atoms with Crippen LogP contribution in [0.25, 0.3) is 0 Å². The lowest BCUT2D eigenvalue weighted by molar-refractivity contribution is -0.120. The maximum absolute atomic E-state index is 11.4. The van der Waals surface area contributed by atoms with Crippen LogP contribution >= 0.6 is 0 Å². The Balaban J connectivity index is 3.83. The van der Waals surface area contributed by atoms with Gasteiger partial charge in [-0.05, 0) is 14.1 Å². The zero-order valence-electron chi connectivity index (χ0n) is 10.4. The molecule has 0 radical (unpaired) electrons. The first-order valence-electron chi connectivity index (χ1n) is 5.07. The predicted molar refractivity (Wildman–Crippen MR) is 63.7 cm³/mol. The van der Waals surface area contributed by atoms with Crippen LogP contribution in [-0.4, -0.2) is 70.6 Å². The monoisotopic (exact) mass is 251 g/mol. The van der Waals surface area contributed by atoms with Gasteiger partial charge in [-0.15, -0.1) is 0 Å². The highest BCUT2D eigenvalue weighted by molar-refractivity contribution is 7.89. The van der Waals surface area contributed by atoms with Crippen molar-refractivity contribution in [2.45, 2.75) is 6.42 Å². The molecule has 0 saturated heterocycles. The number of likely N-dealkylation sites (N-methyl/N-ethyl adjacent to an activating group) is 1. The Morgan fingerprint density at radius 2 is 1.75 bits per heavy atom.